The fraction of sp³-hybridized carbons (Fsp3) is 0.500. The highest BCUT2D eigenvalue weighted by Crippen LogP contribution is 2.11. The monoisotopic (exact) mass is 253 g/mol. The molecular formula is C14H20ClNO. The highest BCUT2D eigenvalue weighted by Gasteiger charge is 2.10. The van der Waals surface area contributed by atoms with Gasteiger partial charge in [-0.15, -0.1) is 0 Å². The van der Waals surface area contributed by atoms with Crippen LogP contribution in [0.5, 0.6) is 0 Å². The van der Waals surface area contributed by atoms with E-state index in [1.165, 1.54) is 0 Å². The number of benzene rings is 1. The van der Waals surface area contributed by atoms with Gasteiger partial charge in [0.1, 0.15) is 0 Å². The van der Waals surface area contributed by atoms with Crippen molar-refractivity contribution in [2.75, 3.05) is 0 Å². The molecule has 1 N–H and O–H groups in total. The van der Waals surface area contributed by atoms with Crippen molar-refractivity contribution in [1.82, 2.24) is 5.32 Å². The Bertz CT molecular complexity index is 359. The van der Waals surface area contributed by atoms with E-state index in [0.29, 0.717) is 12.3 Å². The first-order valence-corrected chi connectivity index (χ1v) is 6.40. The standard InChI is InChI=1S/C14H20ClNO/c1-10(2)11(3)16-14(17)9-6-12-4-7-13(15)8-5-12/h4-5,7-8,10-11H,6,9H2,1-3H3,(H,16,17)/t11-/m1/s1. The molecule has 0 saturated carbocycles. The molecule has 1 aromatic rings. The molecule has 0 bridgehead atoms. The minimum Gasteiger partial charge on any atom is -0.353 e. The van der Waals surface area contributed by atoms with Gasteiger partial charge in [-0.05, 0) is 37.0 Å². The number of hydrogen-bond acceptors (Lipinski definition) is 1. The van der Waals surface area contributed by atoms with Gasteiger partial charge in [-0.25, -0.2) is 0 Å². The fourth-order valence-electron chi connectivity index (χ4n) is 1.40. The number of halogens is 1. The van der Waals surface area contributed by atoms with E-state index in [-0.39, 0.29) is 11.9 Å². The number of aryl methyl sites for hydroxylation is 1. The lowest BCUT2D eigenvalue weighted by molar-refractivity contribution is -0.121. The van der Waals surface area contributed by atoms with E-state index in [4.69, 9.17) is 11.6 Å². The predicted octanol–water partition coefficient (Wildman–Crippen LogP) is 3.43. The molecule has 94 valence electrons. The van der Waals surface area contributed by atoms with E-state index in [1.807, 2.05) is 31.2 Å². The van der Waals surface area contributed by atoms with Crippen LogP contribution in [0.1, 0.15) is 32.8 Å². The highest BCUT2D eigenvalue weighted by molar-refractivity contribution is 6.30. The van der Waals surface area contributed by atoms with E-state index in [2.05, 4.69) is 19.2 Å². The smallest absolute Gasteiger partial charge is 0.220 e. The number of rotatable bonds is 5. The molecule has 0 saturated heterocycles. The van der Waals surface area contributed by atoms with Gasteiger partial charge in [-0.1, -0.05) is 37.6 Å². The SMILES string of the molecule is CC(C)[C@@H](C)NC(=O)CCc1ccc(Cl)cc1. The molecule has 1 amide bonds. The zero-order chi connectivity index (χ0) is 12.8. The van der Waals surface area contributed by atoms with Crippen LogP contribution in [-0.4, -0.2) is 11.9 Å². The van der Waals surface area contributed by atoms with Crippen LogP contribution < -0.4 is 5.32 Å². The van der Waals surface area contributed by atoms with Gasteiger partial charge >= 0.3 is 0 Å². The van der Waals surface area contributed by atoms with Crippen LogP contribution in [-0.2, 0) is 11.2 Å². The first-order chi connectivity index (χ1) is 7.99. The van der Waals surface area contributed by atoms with Gasteiger partial charge < -0.3 is 5.32 Å². The molecule has 0 aliphatic rings. The number of amides is 1. The minimum atomic E-state index is 0.112. The van der Waals surface area contributed by atoms with Gasteiger partial charge in [0.15, 0.2) is 0 Å². The second-order valence-corrected chi connectivity index (χ2v) is 5.16. The zero-order valence-corrected chi connectivity index (χ0v) is 11.4. The Morgan fingerprint density at radius 2 is 1.82 bits per heavy atom. The molecule has 0 unspecified atom stereocenters. The van der Waals surface area contributed by atoms with E-state index in [1.54, 1.807) is 0 Å². The molecular weight excluding hydrogens is 234 g/mol. The van der Waals surface area contributed by atoms with E-state index >= 15 is 0 Å². The number of carbonyl (C=O) groups excluding carboxylic acids is 1. The third-order valence-corrected chi connectivity index (χ3v) is 3.19. The van der Waals surface area contributed by atoms with Crippen LogP contribution in [0.4, 0.5) is 0 Å². The topological polar surface area (TPSA) is 29.1 Å². The predicted molar refractivity (Wildman–Crippen MR) is 72.2 cm³/mol. The maximum Gasteiger partial charge on any atom is 0.220 e. The van der Waals surface area contributed by atoms with Crippen LogP contribution in [0.2, 0.25) is 5.02 Å². The van der Waals surface area contributed by atoms with E-state index in [0.717, 1.165) is 17.0 Å². The third kappa shape index (κ3) is 5.22. The van der Waals surface area contributed by atoms with Crippen molar-refractivity contribution >= 4 is 17.5 Å². The molecule has 0 spiro atoms. The van der Waals surface area contributed by atoms with Crippen molar-refractivity contribution in [3.05, 3.63) is 34.9 Å². The van der Waals surface area contributed by atoms with Crippen molar-refractivity contribution in [1.29, 1.82) is 0 Å². The summed E-state index contributed by atoms with van der Waals surface area (Å²) in [5, 5.41) is 3.72. The molecule has 2 nitrogen and oxygen atoms in total. The number of hydrogen-bond donors (Lipinski definition) is 1. The second kappa shape index (κ2) is 6.65. The Kier molecular flexibility index (Phi) is 5.49. The summed E-state index contributed by atoms with van der Waals surface area (Å²) in [6, 6.07) is 7.85. The van der Waals surface area contributed by atoms with Crippen molar-refractivity contribution in [3.63, 3.8) is 0 Å². The second-order valence-electron chi connectivity index (χ2n) is 4.73. The van der Waals surface area contributed by atoms with E-state index < -0.39 is 0 Å². The average Bonchev–Trinajstić information content (AvgIpc) is 2.28. The summed E-state index contributed by atoms with van der Waals surface area (Å²) in [6.07, 6.45) is 1.28. The molecule has 17 heavy (non-hydrogen) atoms. The first kappa shape index (κ1) is 14.0. The lowest BCUT2D eigenvalue weighted by Crippen LogP contribution is -2.36. The largest absolute Gasteiger partial charge is 0.353 e. The molecule has 1 aromatic carbocycles. The lowest BCUT2D eigenvalue weighted by atomic mass is 10.1. The summed E-state index contributed by atoms with van der Waals surface area (Å²) in [7, 11) is 0. The normalized spacial score (nSPS) is 12.5. The average molecular weight is 254 g/mol. The first-order valence-electron chi connectivity index (χ1n) is 6.03. The summed E-state index contributed by atoms with van der Waals surface area (Å²) >= 11 is 5.80. The molecule has 0 fully saturated rings. The Hall–Kier alpha value is -1.02. The molecule has 0 heterocycles. The summed E-state index contributed by atoms with van der Waals surface area (Å²) in [5.41, 5.74) is 1.14. The van der Waals surface area contributed by atoms with Gasteiger partial charge in [0.05, 0.1) is 0 Å². The molecule has 3 heteroatoms. The van der Waals surface area contributed by atoms with Crippen LogP contribution in [0.25, 0.3) is 0 Å². The number of carbonyl (C=O) groups is 1. The van der Waals surface area contributed by atoms with Crippen LogP contribution >= 0.6 is 11.6 Å². The maximum absolute atomic E-state index is 11.7. The molecule has 0 aromatic heterocycles. The van der Waals surface area contributed by atoms with Gasteiger partial charge in [0.2, 0.25) is 5.91 Å². The Labute approximate surface area is 108 Å². The van der Waals surface area contributed by atoms with Gasteiger partial charge in [0, 0.05) is 17.5 Å². The molecule has 0 aliphatic heterocycles. The van der Waals surface area contributed by atoms with Crippen molar-refractivity contribution in [2.45, 2.75) is 39.7 Å². The quantitative estimate of drug-likeness (QED) is 0.856. The van der Waals surface area contributed by atoms with Crippen LogP contribution in [0.3, 0.4) is 0 Å². The van der Waals surface area contributed by atoms with Crippen molar-refractivity contribution in [3.8, 4) is 0 Å². The Morgan fingerprint density at radius 1 is 1.24 bits per heavy atom. The lowest BCUT2D eigenvalue weighted by Gasteiger charge is -2.17. The minimum absolute atomic E-state index is 0.112. The molecule has 0 aliphatic carbocycles. The van der Waals surface area contributed by atoms with Crippen molar-refractivity contribution < 1.29 is 4.79 Å². The van der Waals surface area contributed by atoms with Crippen LogP contribution in [0, 0.1) is 5.92 Å². The zero-order valence-electron chi connectivity index (χ0n) is 10.7. The van der Waals surface area contributed by atoms with Gasteiger partial charge in [-0.2, -0.15) is 0 Å². The molecule has 0 radical (unpaired) electrons. The maximum atomic E-state index is 11.7. The fourth-order valence-corrected chi connectivity index (χ4v) is 1.53. The molecule has 1 atom stereocenters. The van der Waals surface area contributed by atoms with Gasteiger partial charge in [-0.3, -0.25) is 4.79 Å². The highest BCUT2D eigenvalue weighted by atomic mass is 35.5. The Morgan fingerprint density at radius 3 is 2.35 bits per heavy atom. The summed E-state index contributed by atoms with van der Waals surface area (Å²) < 4.78 is 0. The van der Waals surface area contributed by atoms with E-state index in [9.17, 15) is 4.79 Å². The Balaban J connectivity index is 2.35. The van der Waals surface area contributed by atoms with Crippen LogP contribution in [0.15, 0.2) is 24.3 Å². The third-order valence-electron chi connectivity index (χ3n) is 2.94. The summed E-state index contributed by atoms with van der Waals surface area (Å²) in [6.45, 7) is 6.24. The van der Waals surface area contributed by atoms with Crippen molar-refractivity contribution in [2.24, 2.45) is 5.92 Å². The summed E-state index contributed by atoms with van der Waals surface area (Å²) in [4.78, 5) is 11.7. The number of nitrogens with one attached hydrogen (secondary N) is 1. The molecule has 1 rings (SSSR count). The van der Waals surface area contributed by atoms with Gasteiger partial charge in [0.25, 0.3) is 0 Å². The summed E-state index contributed by atoms with van der Waals surface area (Å²) in [5.74, 6) is 0.579.